The molecule has 2 aromatic heterocycles. The molecular formula is C19H25N7. The van der Waals surface area contributed by atoms with Crippen LogP contribution in [0.15, 0.2) is 60.1 Å². The van der Waals surface area contributed by atoms with Gasteiger partial charge >= 0.3 is 0 Å². The highest BCUT2D eigenvalue weighted by molar-refractivity contribution is 5.79. The number of guanidine groups is 1. The van der Waals surface area contributed by atoms with E-state index in [1.54, 1.807) is 7.05 Å². The molecule has 3 aromatic rings. The summed E-state index contributed by atoms with van der Waals surface area (Å²) in [6.07, 6.45) is 7.84. The molecule has 1 aromatic carbocycles. The molecule has 136 valence electrons. The summed E-state index contributed by atoms with van der Waals surface area (Å²) in [5.74, 6) is 0.848. The summed E-state index contributed by atoms with van der Waals surface area (Å²) in [5, 5.41) is 12.1. The van der Waals surface area contributed by atoms with Crippen molar-refractivity contribution in [2.75, 3.05) is 20.6 Å². The van der Waals surface area contributed by atoms with Crippen LogP contribution in [0, 0.1) is 6.92 Å². The van der Waals surface area contributed by atoms with Crippen LogP contribution in [0.25, 0.3) is 5.69 Å². The lowest BCUT2D eigenvalue weighted by molar-refractivity contribution is 0.470. The molecule has 26 heavy (non-hydrogen) atoms. The average molecular weight is 351 g/mol. The van der Waals surface area contributed by atoms with Gasteiger partial charge in [-0.15, -0.1) is 0 Å². The molecule has 0 saturated heterocycles. The second-order valence-corrected chi connectivity index (χ2v) is 6.24. The lowest BCUT2D eigenvalue weighted by Crippen LogP contribution is -2.39. The number of hydrogen-bond donors (Lipinski definition) is 1. The lowest BCUT2D eigenvalue weighted by Gasteiger charge is -2.21. The van der Waals surface area contributed by atoms with Crippen molar-refractivity contribution >= 4 is 5.96 Å². The van der Waals surface area contributed by atoms with E-state index < -0.39 is 0 Å². The number of aromatic nitrogens is 4. The smallest absolute Gasteiger partial charge is 0.193 e. The Labute approximate surface area is 154 Å². The highest BCUT2D eigenvalue weighted by Gasteiger charge is 2.08. The lowest BCUT2D eigenvalue weighted by atomic mass is 10.3. The van der Waals surface area contributed by atoms with Crippen LogP contribution < -0.4 is 5.32 Å². The molecule has 0 bridgehead atoms. The normalized spacial score (nSPS) is 11.6. The van der Waals surface area contributed by atoms with Crippen molar-refractivity contribution in [3.8, 4) is 5.69 Å². The Hall–Kier alpha value is -3.09. The van der Waals surface area contributed by atoms with Gasteiger partial charge in [0.05, 0.1) is 24.6 Å². The fourth-order valence-corrected chi connectivity index (χ4v) is 2.77. The molecule has 7 heteroatoms. The van der Waals surface area contributed by atoms with E-state index in [2.05, 4.69) is 25.4 Å². The molecule has 0 radical (unpaired) electrons. The molecule has 0 atom stereocenters. The van der Waals surface area contributed by atoms with Gasteiger partial charge in [0.25, 0.3) is 0 Å². The van der Waals surface area contributed by atoms with Crippen molar-refractivity contribution in [1.82, 2.24) is 29.8 Å². The summed E-state index contributed by atoms with van der Waals surface area (Å²) in [6.45, 7) is 4.33. The highest BCUT2D eigenvalue weighted by Crippen LogP contribution is 2.09. The number of para-hydroxylation sites is 1. The minimum Gasteiger partial charge on any atom is -0.354 e. The van der Waals surface area contributed by atoms with Crippen LogP contribution in [-0.4, -0.2) is 51.1 Å². The molecule has 1 N–H and O–H groups in total. The van der Waals surface area contributed by atoms with Crippen LogP contribution >= 0.6 is 0 Å². The van der Waals surface area contributed by atoms with Gasteiger partial charge in [0.2, 0.25) is 0 Å². The van der Waals surface area contributed by atoms with Gasteiger partial charge in [0.1, 0.15) is 0 Å². The van der Waals surface area contributed by atoms with Gasteiger partial charge in [-0.05, 0) is 24.6 Å². The van der Waals surface area contributed by atoms with Crippen molar-refractivity contribution in [3.63, 3.8) is 0 Å². The third kappa shape index (κ3) is 4.50. The fraction of sp³-hybridized carbons (Fsp3) is 0.316. The summed E-state index contributed by atoms with van der Waals surface area (Å²) in [6, 6.07) is 10.1. The molecule has 0 fully saturated rings. The zero-order valence-electron chi connectivity index (χ0n) is 15.5. The van der Waals surface area contributed by atoms with Crippen molar-refractivity contribution in [2.45, 2.75) is 20.0 Å². The maximum atomic E-state index is 4.45. The number of hydrogen-bond acceptors (Lipinski definition) is 3. The Morgan fingerprint density at radius 1 is 1.15 bits per heavy atom. The van der Waals surface area contributed by atoms with E-state index in [1.165, 1.54) is 5.56 Å². The third-order valence-electron chi connectivity index (χ3n) is 4.04. The summed E-state index contributed by atoms with van der Waals surface area (Å²) < 4.78 is 3.82. The zero-order chi connectivity index (χ0) is 18.4. The van der Waals surface area contributed by atoms with Gasteiger partial charge in [-0.1, -0.05) is 18.2 Å². The first-order valence-electron chi connectivity index (χ1n) is 8.65. The van der Waals surface area contributed by atoms with E-state index in [0.717, 1.165) is 36.8 Å². The summed E-state index contributed by atoms with van der Waals surface area (Å²) in [7, 11) is 3.82. The Kier molecular flexibility index (Phi) is 5.68. The Morgan fingerprint density at radius 2 is 1.96 bits per heavy atom. The molecule has 3 rings (SSSR count). The van der Waals surface area contributed by atoms with E-state index in [1.807, 2.05) is 78.5 Å². The van der Waals surface area contributed by atoms with Crippen molar-refractivity contribution in [3.05, 3.63) is 66.2 Å². The number of nitrogens with one attached hydrogen (secondary N) is 1. The molecule has 2 heterocycles. The topological polar surface area (TPSA) is 63.3 Å². The molecule has 0 aliphatic heterocycles. The maximum Gasteiger partial charge on any atom is 0.193 e. The van der Waals surface area contributed by atoms with Crippen LogP contribution in [0.3, 0.4) is 0 Å². The zero-order valence-corrected chi connectivity index (χ0v) is 15.5. The number of aryl methyl sites for hydroxylation is 1. The highest BCUT2D eigenvalue weighted by atomic mass is 15.3. The van der Waals surface area contributed by atoms with Crippen LogP contribution in [0.1, 0.15) is 11.1 Å². The number of rotatable bonds is 6. The second kappa shape index (κ2) is 8.33. The first kappa shape index (κ1) is 17.7. The fourth-order valence-electron chi connectivity index (χ4n) is 2.77. The predicted octanol–water partition coefficient (Wildman–Crippen LogP) is 2.08. The molecule has 0 spiro atoms. The minimum absolute atomic E-state index is 0.730. The first-order valence-corrected chi connectivity index (χ1v) is 8.65. The quantitative estimate of drug-likeness (QED) is 0.546. The van der Waals surface area contributed by atoms with Gasteiger partial charge in [-0.3, -0.25) is 9.67 Å². The molecule has 0 aliphatic rings. The molecular weight excluding hydrogens is 326 g/mol. The third-order valence-corrected chi connectivity index (χ3v) is 4.04. The Bertz CT molecular complexity index is 848. The predicted molar refractivity (Wildman–Crippen MR) is 103 cm³/mol. The van der Waals surface area contributed by atoms with Gasteiger partial charge in [0, 0.05) is 45.1 Å². The van der Waals surface area contributed by atoms with Crippen LogP contribution in [-0.2, 0) is 13.1 Å². The molecule has 0 amide bonds. The molecule has 7 nitrogen and oxygen atoms in total. The number of aliphatic imine (C=N–C) groups is 1. The van der Waals surface area contributed by atoms with Crippen molar-refractivity contribution in [2.24, 2.45) is 4.99 Å². The van der Waals surface area contributed by atoms with E-state index in [-0.39, 0.29) is 0 Å². The largest absolute Gasteiger partial charge is 0.354 e. The minimum atomic E-state index is 0.730. The van der Waals surface area contributed by atoms with E-state index >= 15 is 0 Å². The Balaban J connectivity index is 1.54. The van der Waals surface area contributed by atoms with Gasteiger partial charge < -0.3 is 10.2 Å². The second-order valence-electron chi connectivity index (χ2n) is 6.24. The summed E-state index contributed by atoms with van der Waals surface area (Å²) in [5.41, 5.74) is 3.35. The molecule has 0 saturated carbocycles. The standard InChI is InChI=1S/C19H25N7/c1-16-11-22-25(13-16)10-9-21-19(20-2)24(3)14-17-12-23-26(15-17)18-7-5-4-6-8-18/h4-8,11-13,15H,9-10,14H2,1-3H3,(H,20,21). The SMILES string of the molecule is CN=C(NCCn1cc(C)cn1)N(C)Cc1cnn(-c2ccccc2)c1. The monoisotopic (exact) mass is 351 g/mol. The average Bonchev–Trinajstić information content (AvgIpc) is 3.28. The number of benzene rings is 1. The maximum absolute atomic E-state index is 4.45. The molecule has 0 unspecified atom stereocenters. The van der Waals surface area contributed by atoms with Gasteiger partial charge in [-0.25, -0.2) is 4.68 Å². The summed E-state index contributed by atoms with van der Waals surface area (Å²) >= 11 is 0. The molecule has 0 aliphatic carbocycles. The van der Waals surface area contributed by atoms with E-state index in [4.69, 9.17) is 0 Å². The van der Waals surface area contributed by atoms with E-state index in [9.17, 15) is 0 Å². The van der Waals surface area contributed by atoms with Gasteiger partial charge in [-0.2, -0.15) is 10.2 Å². The van der Waals surface area contributed by atoms with Crippen LogP contribution in [0.4, 0.5) is 0 Å². The van der Waals surface area contributed by atoms with Crippen LogP contribution in [0.2, 0.25) is 0 Å². The van der Waals surface area contributed by atoms with Crippen LogP contribution in [0.5, 0.6) is 0 Å². The van der Waals surface area contributed by atoms with Gasteiger partial charge in [0.15, 0.2) is 5.96 Å². The van der Waals surface area contributed by atoms with E-state index in [0.29, 0.717) is 0 Å². The van der Waals surface area contributed by atoms with Crippen molar-refractivity contribution in [1.29, 1.82) is 0 Å². The van der Waals surface area contributed by atoms with Crippen molar-refractivity contribution < 1.29 is 0 Å². The number of nitrogens with zero attached hydrogens (tertiary/aromatic N) is 6. The summed E-state index contributed by atoms with van der Waals surface area (Å²) in [4.78, 5) is 6.44. The Morgan fingerprint density at radius 3 is 2.65 bits per heavy atom. The first-order chi connectivity index (χ1) is 12.7.